The van der Waals surface area contributed by atoms with E-state index < -0.39 is 0 Å². The Morgan fingerprint density at radius 1 is 1.25 bits per heavy atom. The molecule has 0 bridgehead atoms. The van der Waals surface area contributed by atoms with Gasteiger partial charge >= 0.3 is 0 Å². The molecule has 0 radical (unpaired) electrons. The first kappa shape index (κ1) is 18.4. The van der Waals surface area contributed by atoms with E-state index in [-0.39, 0.29) is 12.0 Å². The summed E-state index contributed by atoms with van der Waals surface area (Å²) in [6, 6.07) is 9.14. The van der Waals surface area contributed by atoms with E-state index >= 15 is 0 Å². The Bertz CT molecular complexity index is 917. The lowest BCUT2D eigenvalue weighted by molar-refractivity contribution is -0.0247. The molecule has 1 aromatic heterocycles. The zero-order chi connectivity index (χ0) is 19.5. The highest BCUT2D eigenvalue weighted by Crippen LogP contribution is 2.25. The fraction of sp³-hybridized carbons (Fsp3) is 0.429. The number of hydrogen-bond acceptors (Lipinski definition) is 6. The van der Waals surface area contributed by atoms with Crippen molar-refractivity contribution in [2.45, 2.75) is 25.9 Å². The van der Waals surface area contributed by atoms with Crippen LogP contribution in [0, 0.1) is 18.3 Å². The molecule has 2 fully saturated rings. The quantitative estimate of drug-likeness (QED) is 0.817. The molecule has 4 rings (SSSR count). The number of anilines is 1. The standard InChI is InChI=1S/C21H23N5O2/c1-15-12-16(13-22)4-5-17(15)20(27)26-10-11-28-19(14-26)18-6-7-23-21(24-18)25-8-2-3-9-25/h4-7,12,19H,2-3,8-11,14H2,1H3/t19-/m1/s1. The number of carbonyl (C=O) groups is 1. The Kier molecular flexibility index (Phi) is 5.22. The predicted molar refractivity (Wildman–Crippen MR) is 104 cm³/mol. The number of aromatic nitrogens is 2. The lowest BCUT2D eigenvalue weighted by Crippen LogP contribution is -2.42. The summed E-state index contributed by atoms with van der Waals surface area (Å²) in [4.78, 5) is 26.1. The van der Waals surface area contributed by atoms with Gasteiger partial charge < -0.3 is 14.5 Å². The van der Waals surface area contributed by atoms with Crippen LogP contribution in [0.1, 0.15) is 46.1 Å². The lowest BCUT2D eigenvalue weighted by atomic mass is 10.0. The van der Waals surface area contributed by atoms with Gasteiger partial charge in [-0.3, -0.25) is 4.79 Å². The van der Waals surface area contributed by atoms with Crippen LogP contribution in [0.25, 0.3) is 0 Å². The van der Waals surface area contributed by atoms with Gasteiger partial charge in [0.1, 0.15) is 6.10 Å². The summed E-state index contributed by atoms with van der Waals surface area (Å²) >= 11 is 0. The van der Waals surface area contributed by atoms with Crippen LogP contribution in [0.4, 0.5) is 5.95 Å². The molecule has 7 heteroatoms. The minimum Gasteiger partial charge on any atom is -0.368 e. The first-order chi connectivity index (χ1) is 13.7. The number of nitriles is 1. The topological polar surface area (TPSA) is 82.3 Å². The molecular formula is C21H23N5O2. The Labute approximate surface area is 164 Å². The number of ether oxygens (including phenoxy) is 1. The molecule has 1 amide bonds. The monoisotopic (exact) mass is 377 g/mol. The van der Waals surface area contributed by atoms with Crippen LogP contribution >= 0.6 is 0 Å². The molecular weight excluding hydrogens is 354 g/mol. The molecule has 7 nitrogen and oxygen atoms in total. The molecule has 0 unspecified atom stereocenters. The normalized spacial score (nSPS) is 19.5. The van der Waals surface area contributed by atoms with Crippen LogP contribution < -0.4 is 4.90 Å². The highest BCUT2D eigenvalue weighted by Gasteiger charge is 2.28. The summed E-state index contributed by atoms with van der Waals surface area (Å²) in [5.41, 5.74) is 2.81. The maximum absolute atomic E-state index is 13.0. The number of nitrogens with zero attached hydrogens (tertiary/aromatic N) is 5. The number of rotatable bonds is 3. The van der Waals surface area contributed by atoms with Gasteiger partial charge in [0, 0.05) is 31.4 Å². The summed E-state index contributed by atoms with van der Waals surface area (Å²) in [6.07, 6.45) is 3.84. The van der Waals surface area contributed by atoms with Crippen LogP contribution in [-0.2, 0) is 4.74 Å². The summed E-state index contributed by atoms with van der Waals surface area (Å²) < 4.78 is 5.92. The second kappa shape index (κ2) is 7.95. The van der Waals surface area contributed by atoms with Crippen molar-refractivity contribution in [2.75, 3.05) is 37.7 Å². The van der Waals surface area contributed by atoms with Gasteiger partial charge in [-0.1, -0.05) is 0 Å². The number of amides is 1. The minimum atomic E-state index is -0.263. The van der Waals surface area contributed by atoms with Crippen molar-refractivity contribution in [3.8, 4) is 6.07 Å². The third kappa shape index (κ3) is 3.69. The first-order valence-corrected chi connectivity index (χ1v) is 9.65. The van der Waals surface area contributed by atoms with E-state index in [4.69, 9.17) is 15.0 Å². The number of morpholine rings is 1. The molecule has 144 valence electrons. The zero-order valence-electron chi connectivity index (χ0n) is 16.0. The maximum Gasteiger partial charge on any atom is 0.254 e. The van der Waals surface area contributed by atoms with E-state index in [1.807, 2.05) is 13.0 Å². The summed E-state index contributed by atoms with van der Waals surface area (Å²) in [5.74, 6) is 0.703. The highest BCUT2D eigenvalue weighted by molar-refractivity contribution is 5.95. The lowest BCUT2D eigenvalue weighted by Gasteiger charge is -2.33. The van der Waals surface area contributed by atoms with E-state index in [1.165, 1.54) is 12.8 Å². The van der Waals surface area contributed by atoms with Gasteiger partial charge in [-0.15, -0.1) is 0 Å². The molecule has 1 aromatic carbocycles. The third-order valence-electron chi connectivity index (χ3n) is 5.32. The third-order valence-corrected chi connectivity index (χ3v) is 5.32. The molecule has 0 aliphatic carbocycles. The number of aryl methyl sites for hydroxylation is 1. The van der Waals surface area contributed by atoms with E-state index in [0.29, 0.717) is 30.8 Å². The molecule has 1 atom stereocenters. The first-order valence-electron chi connectivity index (χ1n) is 9.65. The van der Waals surface area contributed by atoms with Gasteiger partial charge in [-0.2, -0.15) is 5.26 Å². The van der Waals surface area contributed by atoms with Crippen molar-refractivity contribution in [1.82, 2.24) is 14.9 Å². The number of benzene rings is 1. The second-order valence-electron chi connectivity index (χ2n) is 7.23. The maximum atomic E-state index is 13.0. The van der Waals surface area contributed by atoms with E-state index in [0.717, 1.165) is 30.3 Å². The molecule has 0 saturated carbocycles. The predicted octanol–water partition coefficient (Wildman–Crippen LogP) is 2.47. The van der Waals surface area contributed by atoms with Gasteiger partial charge in [0.15, 0.2) is 0 Å². The summed E-state index contributed by atoms with van der Waals surface area (Å²) in [7, 11) is 0. The van der Waals surface area contributed by atoms with Crippen LogP contribution in [0.2, 0.25) is 0 Å². The van der Waals surface area contributed by atoms with Crippen molar-refractivity contribution in [3.05, 3.63) is 52.8 Å². The number of hydrogen-bond donors (Lipinski definition) is 0. The average Bonchev–Trinajstić information content (AvgIpc) is 3.28. The summed E-state index contributed by atoms with van der Waals surface area (Å²) in [5, 5.41) is 9.02. The molecule has 28 heavy (non-hydrogen) atoms. The van der Waals surface area contributed by atoms with Crippen molar-refractivity contribution in [2.24, 2.45) is 0 Å². The Morgan fingerprint density at radius 2 is 2.07 bits per heavy atom. The van der Waals surface area contributed by atoms with Crippen molar-refractivity contribution in [1.29, 1.82) is 5.26 Å². The Hall–Kier alpha value is -2.98. The van der Waals surface area contributed by atoms with Gasteiger partial charge in [-0.25, -0.2) is 9.97 Å². The molecule has 2 saturated heterocycles. The highest BCUT2D eigenvalue weighted by atomic mass is 16.5. The molecule has 0 spiro atoms. The van der Waals surface area contributed by atoms with Gasteiger partial charge in [-0.05, 0) is 49.6 Å². The Morgan fingerprint density at radius 3 is 2.82 bits per heavy atom. The van der Waals surface area contributed by atoms with Crippen molar-refractivity contribution in [3.63, 3.8) is 0 Å². The molecule has 2 aliphatic heterocycles. The van der Waals surface area contributed by atoms with Crippen LogP contribution in [0.3, 0.4) is 0 Å². The van der Waals surface area contributed by atoms with Crippen LogP contribution in [-0.4, -0.2) is 53.6 Å². The van der Waals surface area contributed by atoms with E-state index in [2.05, 4.69) is 16.0 Å². The van der Waals surface area contributed by atoms with E-state index in [1.54, 1.807) is 29.3 Å². The smallest absolute Gasteiger partial charge is 0.254 e. The second-order valence-corrected chi connectivity index (χ2v) is 7.23. The van der Waals surface area contributed by atoms with Gasteiger partial charge in [0.05, 0.1) is 30.5 Å². The average molecular weight is 377 g/mol. The van der Waals surface area contributed by atoms with Gasteiger partial charge in [0.25, 0.3) is 5.91 Å². The molecule has 3 heterocycles. The molecule has 0 N–H and O–H groups in total. The largest absolute Gasteiger partial charge is 0.368 e. The summed E-state index contributed by atoms with van der Waals surface area (Å²) in [6.45, 7) is 5.29. The fourth-order valence-electron chi connectivity index (χ4n) is 3.77. The van der Waals surface area contributed by atoms with Crippen molar-refractivity contribution < 1.29 is 9.53 Å². The van der Waals surface area contributed by atoms with E-state index in [9.17, 15) is 4.79 Å². The SMILES string of the molecule is Cc1cc(C#N)ccc1C(=O)N1CCO[C@@H](c2ccnc(N3CCCC3)n2)C1. The number of carbonyl (C=O) groups excluding carboxylic acids is 1. The Balaban J connectivity index is 1.51. The van der Waals surface area contributed by atoms with Gasteiger partial charge in [0.2, 0.25) is 5.95 Å². The zero-order valence-corrected chi connectivity index (χ0v) is 16.0. The van der Waals surface area contributed by atoms with Crippen LogP contribution in [0.15, 0.2) is 30.5 Å². The molecule has 2 aromatic rings. The minimum absolute atomic E-state index is 0.0379. The fourth-order valence-corrected chi connectivity index (χ4v) is 3.77. The van der Waals surface area contributed by atoms with Crippen LogP contribution in [0.5, 0.6) is 0 Å². The van der Waals surface area contributed by atoms with Crippen molar-refractivity contribution >= 4 is 11.9 Å². The molecule has 2 aliphatic rings.